The molecule has 6 aliphatic rings. The molecule has 2 aromatic carbocycles. The number of benzene rings is 2. The topological polar surface area (TPSA) is 158 Å². The largest absolute Gasteiger partial charge is 0.491 e. The predicted molar refractivity (Wildman–Crippen MR) is 276 cm³/mol. The molecule has 16 heteroatoms. The van der Waals surface area contributed by atoms with Gasteiger partial charge in [0.2, 0.25) is 0 Å². The summed E-state index contributed by atoms with van der Waals surface area (Å²) in [6.45, 7) is 25.5. The van der Waals surface area contributed by atoms with Crippen LogP contribution in [0.25, 0.3) is 0 Å². The third kappa shape index (κ3) is 14.0. The van der Waals surface area contributed by atoms with Crippen molar-refractivity contribution in [2.75, 3.05) is 52.9 Å². The monoisotopic (exact) mass is 1040 g/mol. The van der Waals surface area contributed by atoms with Crippen LogP contribution in [0.3, 0.4) is 0 Å². The molecule has 0 aromatic heterocycles. The van der Waals surface area contributed by atoms with Crippen LogP contribution < -0.4 is 9.47 Å². The van der Waals surface area contributed by atoms with Crippen LogP contribution in [-0.4, -0.2) is 133 Å². The highest BCUT2D eigenvalue weighted by Crippen LogP contribution is 2.53. The molecule has 0 N–H and O–H groups in total. The number of nitrogens with zero attached hydrogens (tertiary/aromatic N) is 2. The fourth-order valence-electron chi connectivity index (χ4n) is 11.6. The molecule has 0 radical (unpaired) electrons. The van der Waals surface area contributed by atoms with Crippen LogP contribution >= 0.6 is 0 Å². The zero-order valence-corrected chi connectivity index (χ0v) is 46.2. The number of hydroxylamine groups is 4. The van der Waals surface area contributed by atoms with Crippen LogP contribution in [0.5, 0.6) is 11.5 Å². The molecule has 0 amide bonds. The number of carbonyl (C=O) groups is 2. The van der Waals surface area contributed by atoms with Gasteiger partial charge in [-0.05, 0) is 115 Å². The lowest BCUT2D eigenvalue weighted by molar-refractivity contribution is -0.359. The van der Waals surface area contributed by atoms with Crippen LogP contribution in [0.2, 0.25) is 0 Å². The first-order chi connectivity index (χ1) is 35.4. The van der Waals surface area contributed by atoms with Gasteiger partial charge >= 0.3 is 11.9 Å². The number of hydrogen-bond donors (Lipinski definition) is 0. The average molecular weight is 1040 g/mol. The predicted octanol–water partition coefficient (Wildman–Crippen LogP) is 10.4. The summed E-state index contributed by atoms with van der Waals surface area (Å²) in [7, 11) is 0. The Morgan fingerprint density at radius 3 is 1.16 bits per heavy atom. The molecule has 6 saturated heterocycles. The van der Waals surface area contributed by atoms with Crippen molar-refractivity contribution >= 4 is 11.9 Å². The van der Waals surface area contributed by atoms with Gasteiger partial charge in [0, 0.05) is 60.7 Å². The van der Waals surface area contributed by atoms with Gasteiger partial charge in [-0.3, -0.25) is 19.3 Å². The highest BCUT2D eigenvalue weighted by Gasteiger charge is 2.61. The normalized spacial score (nSPS) is 34.7. The van der Waals surface area contributed by atoms with Gasteiger partial charge in [-0.1, -0.05) is 64.8 Å². The van der Waals surface area contributed by atoms with E-state index in [1.807, 2.05) is 24.3 Å². The van der Waals surface area contributed by atoms with Crippen molar-refractivity contribution in [2.24, 2.45) is 0 Å². The maximum atomic E-state index is 12.9. The van der Waals surface area contributed by atoms with E-state index in [4.69, 9.17) is 57.0 Å². The van der Waals surface area contributed by atoms with Crippen molar-refractivity contribution in [1.82, 2.24) is 10.1 Å². The van der Waals surface area contributed by atoms with Gasteiger partial charge in [-0.25, -0.2) is 0 Å². The highest BCUT2D eigenvalue weighted by molar-refractivity contribution is 5.69. The molecule has 6 aliphatic heterocycles. The summed E-state index contributed by atoms with van der Waals surface area (Å²) >= 11 is 0. The van der Waals surface area contributed by atoms with E-state index < -0.39 is 11.6 Å². The molecule has 74 heavy (non-hydrogen) atoms. The number of piperidine rings is 2. The second-order valence-corrected chi connectivity index (χ2v) is 23.1. The van der Waals surface area contributed by atoms with Crippen LogP contribution in [0, 0.1) is 0 Å². The first-order valence-corrected chi connectivity index (χ1v) is 27.9. The quantitative estimate of drug-likeness (QED) is 0.0472. The van der Waals surface area contributed by atoms with E-state index in [-0.39, 0.29) is 83.9 Å². The van der Waals surface area contributed by atoms with Crippen molar-refractivity contribution in [1.29, 1.82) is 0 Å². The summed E-state index contributed by atoms with van der Waals surface area (Å²) in [4.78, 5) is 39.5. The maximum Gasteiger partial charge on any atom is 0.305 e. The summed E-state index contributed by atoms with van der Waals surface area (Å²) in [5.41, 5.74) is 0.621. The Morgan fingerprint density at radius 1 is 0.514 bits per heavy atom. The standard InChI is InChI=1S/C58H88N2O14/c1-11-53(7)37-57(38-54(8,12-2)59(53)73-41(5)43-21-25-45(26-22-43)63-29-47-31-65-47)69-35-49(71-57)33-67-51(61)19-17-15-16-18-20-52(62)68-34-50-36-70-58(72-50)39-55(9,13-3)60(56(10,14-4)40-58)74-42(6)44-23-27-46(28-24-44)64-30-48-32-66-48/h21-28,41-42,47-50H,11-20,29-40H2,1-10H3. The van der Waals surface area contributed by atoms with Gasteiger partial charge in [0.25, 0.3) is 0 Å². The molecule has 8 rings (SSSR count). The Bertz CT molecular complexity index is 1950. The number of rotatable bonds is 27. The van der Waals surface area contributed by atoms with Gasteiger partial charge in [0.05, 0.1) is 26.4 Å². The van der Waals surface area contributed by atoms with Crippen molar-refractivity contribution < 1.29 is 66.6 Å². The lowest BCUT2D eigenvalue weighted by atomic mass is 9.74. The zero-order valence-electron chi connectivity index (χ0n) is 46.2. The Kier molecular flexibility index (Phi) is 18.5. The Labute approximate surface area is 440 Å². The Balaban J connectivity index is 0.707. The lowest BCUT2D eigenvalue weighted by Crippen LogP contribution is -2.67. The number of carbonyl (C=O) groups excluding carboxylic acids is 2. The minimum atomic E-state index is -0.807. The number of hydrogen-bond acceptors (Lipinski definition) is 16. The Morgan fingerprint density at radius 2 is 0.851 bits per heavy atom. The fourth-order valence-corrected chi connectivity index (χ4v) is 11.6. The summed E-state index contributed by atoms with van der Waals surface area (Å²) in [6.07, 6.45) is 8.70. The van der Waals surface area contributed by atoms with Crippen LogP contribution in [0.1, 0.15) is 182 Å². The van der Waals surface area contributed by atoms with Crippen LogP contribution in [0.15, 0.2) is 48.5 Å². The van der Waals surface area contributed by atoms with Crippen molar-refractivity contribution in [3.63, 3.8) is 0 Å². The smallest absolute Gasteiger partial charge is 0.305 e. The minimum Gasteiger partial charge on any atom is -0.491 e. The highest BCUT2D eigenvalue weighted by atomic mass is 16.8. The third-order valence-electron chi connectivity index (χ3n) is 16.7. The molecule has 10 atom stereocenters. The van der Waals surface area contributed by atoms with Crippen molar-refractivity contribution in [3.05, 3.63) is 59.7 Å². The number of epoxide rings is 2. The zero-order chi connectivity index (χ0) is 52.8. The molecule has 0 aliphatic carbocycles. The molecule has 0 bridgehead atoms. The molecule has 10 unspecified atom stereocenters. The molecule has 0 saturated carbocycles. The number of esters is 2. The van der Waals surface area contributed by atoms with Gasteiger partial charge in [0.1, 0.15) is 74.6 Å². The van der Waals surface area contributed by atoms with E-state index in [0.717, 1.165) is 74.4 Å². The average Bonchev–Trinajstić information content (AvgIpc) is 4.34. The molecule has 6 fully saturated rings. The van der Waals surface area contributed by atoms with E-state index in [0.29, 0.717) is 77.8 Å². The van der Waals surface area contributed by atoms with Crippen LogP contribution in [-0.2, 0) is 57.2 Å². The van der Waals surface area contributed by atoms with Crippen LogP contribution in [0.4, 0.5) is 0 Å². The minimum absolute atomic E-state index is 0.144. The third-order valence-corrected chi connectivity index (χ3v) is 16.7. The summed E-state index contributed by atoms with van der Waals surface area (Å²) in [6, 6.07) is 16.2. The van der Waals surface area contributed by atoms with E-state index in [2.05, 4.69) is 104 Å². The number of ether oxygens (including phenoxy) is 10. The van der Waals surface area contributed by atoms with Gasteiger partial charge in [-0.15, -0.1) is 0 Å². The molecule has 6 heterocycles. The number of unbranched alkanes of at least 4 members (excludes halogenated alkanes) is 3. The van der Waals surface area contributed by atoms with E-state index in [1.54, 1.807) is 0 Å². The van der Waals surface area contributed by atoms with E-state index >= 15 is 0 Å². The Hall–Kier alpha value is -3.42. The first-order valence-electron chi connectivity index (χ1n) is 27.9. The van der Waals surface area contributed by atoms with E-state index in [9.17, 15) is 9.59 Å². The van der Waals surface area contributed by atoms with E-state index in [1.165, 1.54) is 0 Å². The van der Waals surface area contributed by atoms with Crippen molar-refractivity contribution in [2.45, 2.75) is 229 Å². The molecule has 414 valence electrons. The summed E-state index contributed by atoms with van der Waals surface area (Å²) in [5, 5.41) is 4.42. The van der Waals surface area contributed by atoms with Crippen molar-refractivity contribution in [3.8, 4) is 11.5 Å². The lowest BCUT2D eigenvalue weighted by Gasteiger charge is -2.59. The summed E-state index contributed by atoms with van der Waals surface area (Å²) in [5.74, 6) is -0.479. The molecular formula is C58H88N2O14. The maximum absolute atomic E-state index is 12.9. The summed E-state index contributed by atoms with van der Waals surface area (Å²) < 4.78 is 60.1. The van der Waals surface area contributed by atoms with Gasteiger partial charge in [0.15, 0.2) is 11.6 Å². The van der Waals surface area contributed by atoms with Gasteiger partial charge in [-0.2, -0.15) is 10.1 Å². The fraction of sp³-hybridized carbons (Fsp3) is 0.759. The molecule has 2 spiro atoms. The molecule has 2 aromatic rings. The molecule has 16 nitrogen and oxygen atoms in total. The van der Waals surface area contributed by atoms with Gasteiger partial charge < -0.3 is 47.4 Å². The first kappa shape index (κ1) is 56.8. The second-order valence-electron chi connectivity index (χ2n) is 23.1. The second kappa shape index (κ2) is 24.1. The molecular weight excluding hydrogens is 949 g/mol. The SMILES string of the molecule is CCC1(C)CC2(CC(C)(CC)N1OC(C)c1ccc(OCC3CO3)cc1)OCC(COC(=O)CCCCCCC(=O)OCC1COC3(CC(C)(CC)N(OC(C)c4ccc(OCC5CO5)cc4)C(C)(CC)C3)O1)O2.